The zero-order chi connectivity index (χ0) is 14.2. The van der Waals surface area contributed by atoms with Crippen molar-refractivity contribution in [1.82, 2.24) is 0 Å². The van der Waals surface area contributed by atoms with Crippen LogP contribution in [0, 0.1) is 0 Å². The summed E-state index contributed by atoms with van der Waals surface area (Å²) in [5.74, 6) is -0.991. The van der Waals surface area contributed by atoms with Crippen LogP contribution in [0.4, 0.5) is 0 Å². The van der Waals surface area contributed by atoms with Crippen LogP contribution in [0.5, 0.6) is 0 Å². The summed E-state index contributed by atoms with van der Waals surface area (Å²) in [7, 11) is -9.89. The second-order valence-electron chi connectivity index (χ2n) is 4.10. The number of hydrogen-bond donors (Lipinski definition) is 0. The molecule has 12 heteroatoms. The van der Waals surface area contributed by atoms with Crippen molar-refractivity contribution in [2.45, 2.75) is 51.6 Å². The SMILES string of the molecule is CCCCCCCC(CS(=O)(=O)[O-])OP(=O)([O-])[O-].[Na+].[Na+].[Na+]. The van der Waals surface area contributed by atoms with E-state index in [9.17, 15) is 27.3 Å². The molecule has 0 heterocycles. The van der Waals surface area contributed by atoms with Gasteiger partial charge in [-0.15, -0.1) is 0 Å². The summed E-state index contributed by atoms with van der Waals surface area (Å²) in [5.41, 5.74) is 0. The van der Waals surface area contributed by atoms with Gasteiger partial charge in [0, 0.05) is 0 Å². The largest absolute Gasteiger partial charge is 1.00 e. The van der Waals surface area contributed by atoms with Crippen LogP contribution in [0.2, 0.25) is 0 Å². The van der Waals surface area contributed by atoms with Gasteiger partial charge in [-0.05, 0) is 6.42 Å². The molecule has 110 valence electrons. The van der Waals surface area contributed by atoms with Gasteiger partial charge in [-0.25, -0.2) is 8.42 Å². The van der Waals surface area contributed by atoms with E-state index in [1.807, 2.05) is 6.92 Å². The van der Waals surface area contributed by atoms with Gasteiger partial charge in [-0.2, -0.15) is 0 Å². The molecule has 0 saturated heterocycles. The summed E-state index contributed by atoms with van der Waals surface area (Å²) in [5, 5.41) is 0. The molecular weight excluding hydrogens is 352 g/mol. The van der Waals surface area contributed by atoms with Gasteiger partial charge >= 0.3 is 88.7 Å². The number of unbranched alkanes of at least 4 members (excludes halogenated alkanes) is 4. The maximum Gasteiger partial charge on any atom is 1.00 e. The molecule has 1 atom stereocenters. The maximum atomic E-state index is 10.5. The summed E-state index contributed by atoms with van der Waals surface area (Å²) >= 11 is 0. The van der Waals surface area contributed by atoms with Gasteiger partial charge in [0.15, 0.2) is 0 Å². The zero-order valence-corrected chi connectivity index (χ0v) is 21.0. The molecule has 1 unspecified atom stereocenters. The van der Waals surface area contributed by atoms with Gasteiger partial charge in [0.1, 0.15) is 0 Å². The number of rotatable bonds is 10. The molecule has 0 aliphatic carbocycles. The minimum atomic E-state index is -5.27. The molecule has 0 radical (unpaired) electrons. The molecule has 0 saturated carbocycles. The maximum absolute atomic E-state index is 10.5. The van der Waals surface area contributed by atoms with E-state index in [2.05, 4.69) is 4.52 Å². The van der Waals surface area contributed by atoms with Crippen molar-refractivity contribution in [2.75, 3.05) is 5.75 Å². The molecule has 0 aromatic heterocycles. The first-order chi connectivity index (χ1) is 8.14. The molecule has 0 bridgehead atoms. The first-order valence-corrected chi connectivity index (χ1v) is 8.82. The Morgan fingerprint density at radius 1 is 1.05 bits per heavy atom. The molecule has 0 aromatic carbocycles. The summed E-state index contributed by atoms with van der Waals surface area (Å²) in [6.45, 7) is 2.03. The van der Waals surface area contributed by atoms with Crippen molar-refractivity contribution in [3.8, 4) is 0 Å². The van der Waals surface area contributed by atoms with E-state index in [4.69, 9.17) is 0 Å². The summed E-state index contributed by atoms with van der Waals surface area (Å²) in [6.07, 6.45) is 2.97. The standard InChI is InChI=1S/C9H21O7PS.3Na/c1-2-3-4-5-6-7-9(8-18(13,14)15)16-17(10,11)12;;;/h9H,2-8H2,1H3,(H2,10,11,12)(H,13,14,15);;;/q;3*+1/p-3. The van der Waals surface area contributed by atoms with Crippen LogP contribution in [0.25, 0.3) is 0 Å². The zero-order valence-electron chi connectivity index (χ0n) is 13.2. The molecule has 7 nitrogen and oxygen atoms in total. The Morgan fingerprint density at radius 3 is 1.90 bits per heavy atom. The van der Waals surface area contributed by atoms with E-state index in [0.717, 1.165) is 25.7 Å². The summed E-state index contributed by atoms with van der Waals surface area (Å²) in [4.78, 5) is 20.8. The molecule has 0 amide bonds. The van der Waals surface area contributed by atoms with Gasteiger partial charge in [0.2, 0.25) is 0 Å². The number of phosphoric acid groups is 1. The Morgan fingerprint density at radius 2 is 1.52 bits per heavy atom. The van der Waals surface area contributed by atoms with Crippen molar-refractivity contribution in [2.24, 2.45) is 0 Å². The van der Waals surface area contributed by atoms with Gasteiger partial charge < -0.3 is 23.4 Å². The van der Waals surface area contributed by atoms with Gasteiger partial charge in [0.25, 0.3) is 0 Å². The Balaban J connectivity index is -0.000000482. The van der Waals surface area contributed by atoms with Gasteiger partial charge in [0.05, 0.1) is 29.8 Å². The van der Waals surface area contributed by atoms with Crippen molar-refractivity contribution >= 4 is 17.9 Å². The predicted octanol–water partition coefficient (Wildman–Crippen LogP) is -8.88. The fourth-order valence-corrected chi connectivity index (χ4v) is 2.89. The van der Waals surface area contributed by atoms with E-state index in [1.54, 1.807) is 0 Å². The van der Waals surface area contributed by atoms with Gasteiger partial charge in [-0.1, -0.05) is 39.0 Å². The topological polar surface area (TPSA) is 130 Å². The van der Waals surface area contributed by atoms with Crippen LogP contribution in [-0.2, 0) is 19.2 Å². The third-order valence-electron chi connectivity index (χ3n) is 2.30. The molecular formula is C9H18Na3O7PS. The smallest absolute Gasteiger partial charge is 0.790 e. The summed E-state index contributed by atoms with van der Waals surface area (Å²) in [6, 6.07) is 0. The summed E-state index contributed by atoms with van der Waals surface area (Å²) < 4.78 is 46.1. The van der Waals surface area contributed by atoms with E-state index in [-0.39, 0.29) is 95.1 Å². The van der Waals surface area contributed by atoms with Crippen molar-refractivity contribution < 1.29 is 121 Å². The Kier molecular flexibility index (Phi) is 24.9. The first-order valence-electron chi connectivity index (χ1n) is 5.78. The minimum absolute atomic E-state index is 0. The van der Waals surface area contributed by atoms with Crippen molar-refractivity contribution in [3.63, 3.8) is 0 Å². The van der Waals surface area contributed by atoms with E-state index >= 15 is 0 Å². The van der Waals surface area contributed by atoms with Crippen LogP contribution >= 0.6 is 7.82 Å². The third-order valence-corrected chi connectivity index (χ3v) is 3.63. The van der Waals surface area contributed by atoms with Crippen LogP contribution in [0.15, 0.2) is 0 Å². The Labute approximate surface area is 193 Å². The second-order valence-corrected chi connectivity index (χ2v) is 6.66. The molecule has 0 N–H and O–H groups in total. The molecule has 0 spiro atoms. The quantitative estimate of drug-likeness (QED) is 0.162. The van der Waals surface area contributed by atoms with Crippen LogP contribution < -0.4 is 98.5 Å². The van der Waals surface area contributed by atoms with Crippen molar-refractivity contribution in [3.05, 3.63) is 0 Å². The average Bonchev–Trinajstić information content (AvgIpc) is 2.12. The van der Waals surface area contributed by atoms with Gasteiger partial charge in [-0.3, -0.25) is 0 Å². The third kappa shape index (κ3) is 25.4. The monoisotopic (exact) mass is 370 g/mol. The van der Waals surface area contributed by atoms with E-state index in [1.165, 1.54) is 0 Å². The second kappa shape index (κ2) is 16.5. The first kappa shape index (κ1) is 31.8. The van der Waals surface area contributed by atoms with E-state index < -0.39 is 29.8 Å². The molecule has 0 aliphatic rings. The average molecular weight is 370 g/mol. The fraction of sp³-hybridized carbons (Fsp3) is 1.00. The normalized spacial score (nSPS) is 12.6. The molecule has 0 aromatic rings. The molecule has 0 aliphatic heterocycles. The Bertz CT molecular complexity index is 374. The van der Waals surface area contributed by atoms with E-state index in [0.29, 0.717) is 6.42 Å². The predicted molar refractivity (Wildman–Crippen MR) is 60.4 cm³/mol. The molecule has 21 heavy (non-hydrogen) atoms. The fourth-order valence-electron chi connectivity index (χ4n) is 1.55. The number of hydrogen-bond acceptors (Lipinski definition) is 7. The molecule has 0 rings (SSSR count). The number of phosphoric ester groups is 1. The van der Waals surface area contributed by atoms with Crippen LogP contribution in [-0.4, -0.2) is 24.8 Å². The van der Waals surface area contributed by atoms with Crippen molar-refractivity contribution in [1.29, 1.82) is 0 Å². The van der Waals surface area contributed by atoms with Crippen LogP contribution in [0.3, 0.4) is 0 Å². The Hall–Kier alpha value is 3.02. The minimum Gasteiger partial charge on any atom is -0.790 e. The van der Waals surface area contributed by atoms with Crippen LogP contribution in [0.1, 0.15) is 45.4 Å². The molecule has 0 fully saturated rings.